The molecule has 0 bridgehead atoms. The first-order valence-corrected chi connectivity index (χ1v) is 11.7. The van der Waals surface area contributed by atoms with Crippen molar-refractivity contribution in [3.8, 4) is 0 Å². The van der Waals surface area contributed by atoms with Gasteiger partial charge in [-0.3, -0.25) is 19.2 Å². The molecule has 3 heterocycles. The molecule has 0 spiro atoms. The third-order valence-corrected chi connectivity index (χ3v) is 7.03. The molecule has 1 aromatic carbocycles. The average molecular weight is 474 g/mol. The van der Waals surface area contributed by atoms with E-state index in [4.69, 9.17) is 0 Å². The van der Waals surface area contributed by atoms with E-state index in [2.05, 4.69) is 14.8 Å². The number of pyridine rings is 1. The van der Waals surface area contributed by atoms with Crippen LogP contribution in [0.4, 0.5) is 8.78 Å². The lowest BCUT2D eigenvalue weighted by molar-refractivity contribution is -0.0880. The molecule has 34 heavy (non-hydrogen) atoms. The Bertz CT molecular complexity index is 1290. The van der Waals surface area contributed by atoms with E-state index in [1.807, 2.05) is 23.7 Å². The molecule has 2 aromatic heterocycles. The minimum Gasteiger partial charge on any atom is -0.378 e. The maximum atomic E-state index is 13.9. The van der Waals surface area contributed by atoms with Crippen LogP contribution in [-0.2, 0) is 4.74 Å². The summed E-state index contributed by atoms with van der Waals surface area (Å²) < 4.78 is 34.3. The van der Waals surface area contributed by atoms with Crippen molar-refractivity contribution in [3.63, 3.8) is 0 Å². The summed E-state index contributed by atoms with van der Waals surface area (Å²) in [5, 5.41) is 5.81. The molecular formula is C24H29F2N5O3. The Labute approximate surface area is 195 Å². The van der Waals surface area contributed by atoms with Crippen molar-refractivity contribution in [1.82, 2.24) is 24.6 Å². The maximum Gasteiger partial charge on any atom is 0.283 e. The highest BCUT2D eigenvalue weighted by Crippen LogP contribution is 2.35. The lowest BCUT2D eigenvalue weighted by atomic mass is 9.93. The van der Waals surface area contributed by atoms with E-state index in [0.29, 0.717) is 42.6 Å². The van der Waals surface area contributed by atoms with Gasteiger partial charge < -0.3 is 14.6 Å². The Kier molecular flexibility index (Phi) is 5.89. The zero-order valence-electron chi connectivity index (χ0n) is 19.4. The first-order valence-electron chi connectivity index (χ1n) is 11.7. The molecule has 0 atom stereocenters. The number of aromatic nitrogens is 3. The van der Waals surface area contributed by atoms with Crippen LogP contribution in [0.5, 0.6) is 0 Å². The van der Waals surface area contributed by atoms with Crippen LogP contribution in [0.25, 0.3) is 21.8 Å². The van der Waals surface area contributed by atoms with Crippen molar-refractivity contribution < 1.29 is 18.3 Å². The Morgan fingerprint density at radius 1 is 1.21 bits per heavy atom. The highest BCUT2D eigenvalue weighted by molar-refractivity contribution is 6.07. The Morgan fingerprint density at radius 3 is 2.59 bits per heavy atom. The van der Waals surface area contributed by atoms with Gasteiger partial charge in [0, 0.05) is 44.2 Å². The number of alkyl halides is 2. The minimum atomic E-state index is -2.92. The number of carbonyl (C=O) groups is 1. The van der Waals surface area contributed by atoms with Crippen molar-refractivity contribution in [3.05, 3.63) is 39.8 Å². The van der Waals surface area contributed by atoms with E-state index in [9.17, 15) is 18.4 Å². The van der Waals surface area contributed by atoms with Crippen LogP contribution in [0.2, 0.25) is 0 Å². The molecule has 1 saturated carbocycles. The molecule has 8 nitrogen and oxygen atoms in total. The number of benzene rings is 1. The number of piperazine rings is 1. The number of hydrogen-bond donors (Lipinski definition) is 1. The van der Waals surface area contributed by atoms with E-state index in [0.717, 1.165) is 35.7 Å². The van der Waals surface area contributed by atoms with Crippen molar-refractivity contribution in [2.24, 2.45) is 0 Å². The number of aromatic amines is 1. The predicted molar refractivity (Wildman–Crippen MR) is 125 cm³/mol. The molecule has 0 unspecified atom stereocenters. The van der Waals surface area contributed by atoms with Crippen molar-refractivity contribution in [1.29, 1.82) is 0 Å². The molecule has 1 amide bonds. The van der Waals surface area contributed by atoms with Crippen molar-refractivity contribution >= 4 is 27.7 Å². The standard InChI is InChI=1S/C24H29F2N5O3/c1-15-10-20-18(21-19(22(32)28-20)12-27-31(21)16-4-3-5-16)11-17(15)23(33)30-8-6-29(7-9-30)13-24(25,26)14-34-2/h10-12,16H,3-9,13-14H2,1-2H3,(H,28,32). The second kappa shape index (κ2) is 8.74. The van der Waals surface area contributed by atoms with Gasteiger partial charge in [0.05, 0.1) is 35.2 Å². The number of H-pyrrole nitrogens is 1. The molecule has 1 N–H and O–H groups in total. The van der Waals surface area contributed by atoms with Gasteiger partial charge in [0.1, 0.15) is 6.61 Å². The minimum absolute atomic E-state index is 0.128. The number of nitrogens with zero attached hydrogens (tertiary/aromatic N) is 4. The number of halogens is 2. The fourth-order valence-corrected chi connectivity index (χ4v) is 5.00. The van der Waals surface area contributed by atoms with Gasteiger partial charge in [-0.1, -0.05) is 0 Å². The zero-order chi connectivity index (χ0) is 24.0. The molecule has 2 fully saturated rings. The molecule has 2 aliphatic rings. The van der Waals surface area contributed by atoms with Crippen LogP contribution in [-0.4, -0.2) is 82.8 Å². The van der Waals surface area contributed by atoms with E-state index < -0.39 is 12.5 Å². The van der Waals surface area contributed by atoms with Gasteiger partial charge in [-0.15, -0.1) is 0 Å². The van der Waals surface area contributed by atoms with E-state index in [1.165, 1.54) is 7.11 Å². The molecule has 3 aromatic rings. The third kappa shape index (κ3) is 4.09. The summed E-state index contributed by atoms with van der Waals surface area (Å²) >= 11 is 0. The average Bonchev–Trinajstić information content (AvgIpc) is 3.17. The number of fused-ring (bicyclic) bond motifs is 3. The van der Waals surface area contributed by atoms with Crippen LogP contribution < -0.4 is 5.56 Å². The summed E-state index contributed by atoms with van der Waals surface area (Å²) in [6, 6.07) is 3.96. The number of rotatable bonds is 6. The lowest BCUT2D eigenvalue weighted by Gasteiger charge is -2.36. The summed E-state index contributed by atoms with van der Waals surface area (Å²) in [7, 11) is 1.26. The van der Waals surface area contributed by atoms with Gasteiger partial charge in [-0.2, -0.15) is 5.10 Å². The predicted octanol–water partition coefficient (Wildman–Crippen LogP) is 2.95. The van der Waals surface area contributed by atoms with Crippen molar-refractivity contribution in [2.45, 2.75) is 38.2 Å². The monoisotopic (exact) mass is 473 g/mol. The number of methoxy groups -OCH3 is 1. The quantitative estimate of drug-likeness (QED) is 0.595. The topological polar surface area (TPSA) is 83.5 Å². The Balaban J connectivity index is 1.43. The molecule has 10 heteroatoms. The maximum absolute atomic E-state index is 13.9. The molecule has 0 radical (unpaired) electrons. The Hall–Kier alpha value is -2.85. The van der Waals surface area contributed by atoms with Gasteiger partial charge in [-0.25, -0.2) is 8.78 Å². The lowest BCUT2D eigenvalue weighted by Crippen LogP contribution is -2.52. The summed E-state index contributed by atoms with van der Waals surface area (Å²) in [5.74, 6) is -3.04. The smallest absolute Gasteiger partial charge is 0.283 e. The number of amides is 1. The highest BCUT2D eigenvalue weighted by Gasteiger charge is 2.34. The van der Waals surface area contributed by atoms with E-state index >= 15 is 0 Å². The van der Waals surface area contributed by atoms with Crippen LogP contribution in [0, 0.1) is 6.92 Å². The number of aryl methyl sites for hydroxylation is 1. The largest absolute Gasteiger partial charge is 0.378 e. The van der Waals surface area contributed by atoms with E-state index in [-0.39, 0.29) is 24.1 Å². The van der Waals surface area contributed by atoms with Gasteiger partial charge in [0.15, 0.2) is 0 Å². The van der Waals surface area contributed by atoms with E-state index in [1.54, 1.807) is 16.0 Å². The SMILES string of the molecule is COCC(F)(F)CN1CCN(C(=O)c2cc3c(cc2C)[nH]c(=O)c2cnn(C4CCC4)c23)CC1. The number of carbonyl (C=O) groups excluding carboxylic acids is 1. The van der Waals surface area contributed by atoms with Gasteiger partial charge in [-0.05, 0) is 43.9 Å². The molecule has 1 aliphatic carbocycles. The normalized spacial score (nSPS) is 18.1. The van der Waals surface area contributed by atoms with Crippen LogP contribution >= 0.6 is 0 Å². The molecule has 5 rings (SSSR count). The zero-order valence-corrected chi connectivity index (χ0v) is 19.4. The summed E-state index contributed by atoms with van der Waals surface area (Å²) in [6.45, 7) is 2.36. The van der Waals surface area contributed by atoms with Crippen LogP contribution in [0.15, 0.2) is 23.1 Å². The van der Waals surface area contributed by atoms with Gasteiger partial charge >= 0.3 is 0 Å². The number of nitrogens with one attached hydrogen (secondary N) is 1. The van der Waals surface area contributed by atoms with Crippen LogP contribution in [0.1, 0.15) is 41.2 Å². The first kappa shape index (κ1) is 22.9. The molecule has 1 aliphatic heterocycles. The Morgan fingerprint density at radius 2 is 1.94 bits per heavy atom. The summed E-state index contributed by atoms with van der Waals surface area (Å²) in [5.41, 5.74) is 2.57. The second-order valence-corrected chi connectivity index (χ2v) is 9.46. The van der Waals surface area contributed by atoms with Gasteiger partial charge in [0.25, 0.3) is 17.4 Å². The fraction of sp³-hybridized carbons (Fsp3) is 0.542. The summed E-state index contributed by atoms with van der Waals surface area (Å²) in [4.78, 5) is 32.4. The second-order valence-electron chi connectivity index (χ2n) is 9.46. The number of ether oxygens (including phenoxy) is 1. The molecule has 182 valence electrons. The van der Waals surface area contributed by atoms with Crippen LogP contribution in [0.3, 0.4) is 0 Å². The van der Waals surface area contributed by atoms with Gasteiger partial charge in [0.2, 0.25) is 0 Å². The molecular weight excluding hydrogens is 444 g/mol. The fourth-order valence-electron chi connectivity index (χ4n) is 5.00. The highest BCUT2D eigenvalue weighted by atomic mass is 19.3. The summed E-state index contributed by atoms with van der Waals surface area (Å²) in [6.07, 6.45) is 4.79. The third-order valence-electron chi connectivity index (χ3n) is 7.03. The molecule has 1 saturated heterocycles. The first-order chi connectivity index (χ1) is 16.3. The van der Waals surface area contributed by atoms with Crippen molar-refractivity contribution in [2.75, 3.05) is 46.4 Å². The number of hydrogen-bond acceptors (Lipinski definition) is 5.